The minimum Gasteiger partial charge on any atom is -0.460 e. The molecule has 0 saturated carbocycles. The summed E-state index contributed by atoms with van der Waals surface area (Å²) in [5, 5.41) is 8.26. The van der Waals surface area contributed by atoms with Gasteiger partial charge in [0.25, 0.3) is 5.91 Å². The average molecular weight is 494 g/mol. The van der Waals surface area contributed by atoms with Gasteiger partial charge in [-0.25, -0.2) is 9.69 Å². The summed E-state index contributed by atoms with van der Waals surface area (Å²) in [5.41, 5.74) is 3.44. The first-order valence-corrected chi connectivity index (χ1v) is 11.9. The summed E-state index contributed by atoms with van der Waals surface area (Å²) in [6.07, 6.45) is 3.98. The number of imide groups is 1. The zero-order valence-corrected chi connectivity index (χ0v) is 21.3. The van der Waals surface area contributed by atoms with Gasteiger partial charge in [-0.2, -0.15) is 5.10 Å². The van der Waals surface area contributed by atoms with Crippen molar-refractivity contribution in [3.05, 3.63) is 64.8 Å². The second kappa shape index (κ2) is 9.96. The number of hydrogen-bond acceptors (Lipinski definition) is 7. The van der Waals surface area contributed by atoms with E-state index in [1.807, 2.05) is 58.9 Å². The molecule has 4 rings (SSSR count). The average Bonchev–Trinajstić information content (AvgIpc) is 3.45. The van der Waals surface area contributed by atoms with Crippen LogP contribution in [-0.4, -0.2) is 49.9 Å². The molecule has 1 aliphatic rings. The van der Waals surface area contributed by atoms with E-state index in [9.17, 15) is 14.4 Å². The number of urea groups is 1. The lowest BCUT2D eigenvalue weighted by atomic mass is 10.1. The normalized spacial score (nSPS) is 14.1. The van der Waals surface area contributed by atoms with E-state index in [1.165, 1.54) is 11.1 Å². The molecule has 0 spiro atoms. The number of nitrogens with zero attached hydrogens (tertiary/aromatic N) is 5. The van der Waals surface area contributed by atoms with Crippen LogP contribution < -0.4 is 4.90 Å². The van der Waals surface area contributed by atoms with E-state index in [4.69, 9.17) is 9.26 Å². The van der Waals surface area contributed by atoms with E-state index in [1.54, 1.807) is 10.9 Å². The molecule has 0 aliphatic carbocycles. The van der Waals surface area contributed by atoms with E-state index in [0.717, 1.165) is 27.3 Å². The van der Waals surface area contributed by atoms with Gasteiger partial charge in [-0.15, -0.1) is 0 Å². The third-order valence-corrected chi connectivity index (χ3v) is 5.82. The molecule has 1 aliphatic heterocycles. The van der Waals surface area contributed by atoms with Crippen LogP contribution in [0.1, 0.15) is 55.3 Å². The Bertz CT molecular complexity index is 1270. The third kappa shape index (κ3) is 5.81. The lowest BCUT2D eigenvalue weighted by molar-refractivity contribution is -0.154. The Morgan fingerprint density at radius 3 is 2.58 bits per heavy atom. The van der Waals surface area contributed by atoms with Crippen molar-refractivity contribution in [1.29, 1.82) is 0 Å². The molecule has 10 heteroatoms. The lowest BCUT2D eigenvalue weighted by Gasteiger charge is -2.19. The molecule has 2 aromatic heterocycles. The summed E-state index contributed by atoms with van der Waals surface area (Å²) < 4.78 is 12.2. The number of aromatic nitrogens is 3. The van der Waals surface area contributed by atoms with Crippen molar-refractivity contribution in [2.24, 2.45) is 0 Å². The number of amides is 3. The maximum atomic E-state index is 13.1. The Kier molecular flexibility index (Phi) is 6.96. The number of carbonyl (C=O) groups excluding carboxylic acids is 3. The Morgan fingerprint density at radius 1 is 1.14 bits per heavy atom. The number of carbonyl (C=O) groups is 3. The summed E-state index contributed by atoms with van der Waals surface area (Å²) in [7, 11) is 0. The van der Waals surface area contributed by atoms with Crippen LogP contribution in [0.3, 0.4) is 0 Å². The minimum atomic E-state index is -0.516. The van der Waals surface area contributed by atoms with Crippen LogP contribution in [-0.2, 0) is 33.8 Å². The standard InChI is InChI=1S/C26H31N5O5/c1-17-22(18(2)36-28-17)15-30-14-21(12-27-30)31-23(32)16-29(25(31)34)13-20-8-6-7-19(11-20)9-10-24(33)35-26(3,4)5/h6-8,11-12,14H,9-10,13,15-16H2,1-5H3. The first-order valence-electron chi connectivity index (χ1n) is 11.9. The Hall–Kier alpha value is -3.95. The molecule has 3 aromatic rings. The number of esters is 1. The van der Waals surface area contributed by atoms with Crippen LogP contribution in [0.5, 0.6) is 0 Å². The third-order valence-electron chi connectivity index (χ3n) is 5.82. The molecule has 190 valence electrons. The van der Waals surface area contributed by atoms with Gasteiger partial charge in [-0.3, -0.25) is 14.3 Å². The maximum absolute atomic E-state index is 13.1. The fraction of sp³-hybridized carbons (Fsp3) is 0.423. The molecule has 3 heterocycles. The molecular weight excluding hydrogens is 462 g/mol. The van der Waals surface area contributed by atoms with Crippen LogP contribution in [0.25, 0.3) is 0 Å². The fourth-order valence-corrected chi connectivity index (χ4v) is 4.11. The molecule has 0 atom stereocenters. The first kappa shape index (κ1) is 25.2. The van der Waals surface area contributed by atoms with E-state index >= 15 is 0 Å². The number of rotatable bonds is 8. The number of hydrogen-bond donors (Lipinski definition) is 0. The molecule has 3 amide bonds. The predicted molar refractivity (Wildman–Crippen MR) is 131 cm³/mol. The van der Waals surface area contributed by atoms with Gasteiger partial charge < -0.3 is 14.2 Å². The Balaban J connectivity index is 1.39. The minimum absolute atomic E-state index is 0.0178. The molecule has 0 N–H and O–H groups in total. The highest BCUT2D eigenvalue weighted by Crippen LogP contribution is 2.24. The predicted octanol–water partition coefficient (Wildman–Crippen LogP) is 3.78. The second-order valence-corrected chi connectivity index (χ2v) is 9.97. The highest BCUT2D eigenvalue weighted by atomic mass is 16.6. The van der Waals surface area contributed by atoms with E-state index in [2.05, 4.69) is 10.3 Å². The monoisotopic (exact) mass is 493 g/mol. The van der Waals surface area contributed by atoms with Gasteiger partial charge in [0.1, 0.15) is 17.9 Å². The largest absolute Gasteiger partial charge is 0.460 e. The molecule has 0 radical (unpaired) electrons. The first-order chi connectivity index (χ1) is 17.0. The van der Waals surface area contributed by atoms with Gasteiger partial charge in [0.2, 0.25) is 0 Å². The molecule has 0 unspecified atom stereocenters. The van der Waals surface area contributed by atoms with Crippen LogP contribution >= 0.6 is 0 Å². The summed E-state index contributed by atoms with van der Waals surface area (Å²) >= 11 is 0. The maximum Gasteiger partial charge on any atom is 0.332 e. The number of benzene rings is 1. The molecule has 0 bridgehead atoms. The fourth-order valence-electron chi connectivity index (χ4n) is 4.11. The summed E-state index contributed by atoms with van der Waals surface area (Å²) in [6.45, 7) is 9.90. The molecule has 10 nitrogen and oxygen atoms in total. The van der Waals surface area contributed by atoms with Gasteiger partial charge >= 0.3 is 12.0 Å². The zero-order chi connectivity index (χ0) is 26.0. The SMILES string of the molecule is Cc1noc(C)c1Cn1cc(N2C(=O)CN(Cc3cccc(CCC(=O)OC(C)(C)C)c3)C2=O)cn1. The molecule has 1 fully saturated rings. The Morgan fingerprint density at radius 2 is 1.89 bits per heavy atom. The van der Waals surface area contributed by atoms with E-state index < -0.39 is 11.6 Å². The highest BCUT2D eigenvalue weighted by molar-refractivity contribution is 6.19. The molecule has 1 saturated heterocycles. The van der Waals surface area contributed by atoms with Crippen LogP contribution in [0.4, 0.5) is 10.5 Å². The van der Waals surface area contributed by atoms with Crippen molar-refractivity contribution in [2.75, 3.05) is 11.4 Å². The summed E-state index contributed by atoms with van der Waals surface area (Å²) in [5.74, 6) is 0.147. The zero-order valence-electron chi connectivity index (χ0n) is 21.3. The topological polar surface area (TPSA) is 111 Å². The van der Waals surface area contributed by atoms with E-state index in [0.29, 0.717) is 24.4 Å². The Labute approximate surface area is 209 Å². The van der Waals surface area contributed by atoms with Crippen LogP contribution in [0, 0.1) is 13.8 Å². The lowest BCUT2D eigenvalue weighted by Crippen LogP contribution is -2.32. The van der Waals surface area contributed by atoms with Crippen molar-refractivity contribution in [3.63, 3.8) is 0 Å². The van der Waals surface area contributed by atoms with Crippen molar-refractivity contribution in [3.8, 4) is 0 Å². The van der Waals surface area contributed by atoms with Crippen molar-refractivity contribution < 1.29 is 23.6 Å². The quantitative estimate of drug-likeness (QED) is 0.347. The second-order valence-electron chi connectivity index (χ2n) is 9.97. The van der Waals surface area contributed by atoms with Gasteiger partial charge in [0, 0.05) is 24.7 Å². The van der Waals surface area contributed by atoms with Gasteiger partial charge in [-0.1, -0.05) is 29.4 Å². The molecule has 1 aromatic carbocycles. The molecule has 36 heavy (non-hydrogen) atoms. The smallest absolute Gasteiger partial charge is 0.332 e. The van der Waals surface area contributed by atoms with Gasteiger partial charge in [0.05, 0.1) is 24.1 Å². The summed E-state index contributed by atoms with van der Waals surface area (Å²) in [6, 6.07) is 7.28. The van der Waals surface area contributed by atoms with Gasteiger partial charge in [-0.05, 0) is 52.2 Å². The number of anilines is 1. The summed E-state index contributed by atoms with van der Waals surface area (Å²) in [4.78, 5) is 40.5. The van der Waals surface area contributed by atoms with Crippen LogP contribution in [0.2, 0.25) is 0 Å². The van der Waals surface area contributed by atoms with E-state index in [-0.39, 0.29) is 31.4 Å². The number of ether oxygens (including phenoxy) is 1. The van der Waals surface area contributed by atoms with Crippen LogP contribution in [0.15, 0.2) is 41.2 Å². The van der Waals surface area contributed by atoms with Crippen molar-refractivity contribution in [2.45, 2.75) is 66.2 Å². The highest BCUT2D eigenvalue weighted by Gasteiger charge is 2.37. The number of aryl methyl sites for hydroxylation is 3. The van der Waals surface area contributed by atoms with Crippen molar-refractivity contribution in [1.82, 2.24) is 19.8 Å². The molecular formula is C26H31N5O5. The van der Waals surface area contributed by atoms with Crippen molar-refractivity contribution >= 4 is 23.6 Å². The van der Waals surface area contributed by atoms with Gasteiger partial charge in [0.15, 0.2) is 0 Å².